The summed E-state index contributed by atoms with van der Waals surface area (Å²) in [4.78, 5) is 63.0. The molecule has 0 radical (unpaired) electrons. The van der Waals surface area contributed by atoms with Crippen molar-refractivity contribution in [1.29, 1.82) is 0 Å². The smallest absolute Gasteiger partial charge is 0.245 e. The largest absolute Gasteiger partial charge is 0.386 e. The number of nitrogens with zero attached hydrogens (tertiary/aromatic N) is 4. The van der Waals surface area contributed by atoms with Crippen LogP contribution >= 0.6 is 0 Å². The van der Waals surface area contributed by atoms with Gasteiger partial charge in [0.1, 0.15) is 6.04 Å². The van der Waals surface area contributed by atoms with Gasteiger partial charge in [0.05, 0.1) is 54.8 Å². The standard InChI is InChI=1S/C43H76N6O7/c1-16-28(6)38(48(13)43(54)36(26(2)3)45-42(53)37(27(4)5)47(11)12)34(55-14)24-35(50)49-23-17-18-33(49)40(56-15)29(7)41(52)44-30(8)39(51)32-21-19-31(20-22-32)25-46(9)10/h19-22,26-30,33-34,36-40,51H,16-18,23-25H2,1-15H3,(H,44,52)(H,45,53)/t28-,29+,30+,33-,34+,36-,37-,38-,39+,40+/m0/s1. The highest BCUT2D eigenvalue weighted by atomic mass is 16.5. The van der Waals surface area contributed by atoms with Gasteiger partial charge in [0, 0.05) is 34.4 Å². The van der Waals surface area contributed by atoms with Gasteiger partial charge >= 0.3 is 0 Å². The minimum atomic E-state index is -0.901. The Morgan fingerprint density at radius 3 is 1.96 bits per heavy atom. The van der Waals surface area contributed by atoms with Crippen LogP contribution in [0.2, 0.25) is 0 Å². The van der Waals surface area contributed by atoms with Crippen molar-refractivity contribution in [2.24, 2.45) is 23.7 Å². The first-order chi connectivity index (χ1) is 26.2. The average Bonchev–Trinajstić information content (AvgIpc) is 3.62. The van der Waals surface area contributed by atoms with Crippen molar-refractivity contribution in [3.63, 3.8) is 0 Å². The summed E-state index contributed by atoms with van der Waals surface area (Å²) in [6.45, 7) is 16.8. The third-order valence-corrected chi connectivity index (χ3v) is 11.6. The molecule has 0 aromatic heterocycles. The molecule has 0 aliphatic carbocycles. The molecule has 0 saturated carbocycles. The molecule has 3 N–H and O–H groups in total. The Morgan fingerprint density at radius 1 is 0.875 bits per heavy atom. The van der Waals surface area contributed by atoms with Gasteiger partial charge in [0.2, 0.25) is 23.6 Å². The van der Waals surface area contributed by atoms with Crippen LogP contribution in [-0.4, -0.2) is 147 Å². The van der Waals surface area contributed by atoms with Crippen LogP contribution in [0.5, 0.6) is 0 Å². The molecule has 1 aliphatic rings. The number of benzene rings is 1. The second-order valence-corrected chi connectivity index (χ2v) is 17.2. The predicted octanol–water partition coefficient (Wildman–Crippen LogP) is 3.93. The van der Waals surface area contributed by atoms with Gasteiger partial charge in [-0.05, 0) is 76.8 Å². The lowest BCUT2D eigenvalue weighted by Gasteiger charge is -2.41. The fourth-order valence-electron chi connectivity index (χ4n) is 8.32. The minimum absolute atomic E-state index is 0.0199. The number of nitrogens with one attached hydrogen (secondary N) is 2. The maximum atomic E-state index is 14.2. The lowest BCUT2D eigenvalue weighted by molar-refractivity contribution is -0.148. The van der Waals surface area contributed by atoms with E-state index in [9.17, 15) is 24.3 Å². The predicted molar refractivity (Wildman–Crippen MR) is 222 cm³/mol. The number of amides is 4. The third-order valence-electron chi connectivity index (χ3n) is 11.6. The van der Waals surface area contributed by atoms with Crippen molar-refractivity contribution in [3.8, 4) is 0 Å². The minimum Gasteiger partial charge on any atom is -0.386 e. The summed E-state index contributed by atoms with van der Waals surface area (Å²) in [7, 11) is 12.6. The van der Waals surface area contributed by atoms with E-state index < -0.39 is 48.4 Å². The Bertz CT molecular complexity index is 1380. The molecule has 2 rings (SSSR count). The van der Waals surface area contributed by atoms with Gasteiger partial charge in [-0.2, -0.15) is 0 Å². The first kappa shape index (κ1) is 49.0. The molecule has 0 spiro atoms. The lowest BCUT2D eigenvalue weighted by atomic mass is 9.89. The molecule has 1 fully saturated rings. The number of likely N-dealkylation sites (tertiary alicyclic amines) is 1. The Morgan fingerprint density at radius 2 is 1.48 bits per heavy atom. The van der Waals surface area contributed by atoms with Crippen LogP contribution < -0.4 is 10.6 Å². The van der Waals surface area contributed by atoms with E-state index >= 15 is 0 Å². The van der Waals surface area contributed by atoms with E-state index in [1.807, 2.05) is 98.9 Å². The molecule has 0 bridgehead atoms. The monoisotopic (exact) mass is 789 g/mol. The maximum absolute atomic E-state index is 14.2. The number of aliphatic hydroxyl groups is 1. The van der Waals surface area contributed by atoms with E-state index in [1.165, 1.54) is 0 Å². The summed E-state index contributed by atoms with van der Waals surface area (Å²) in [5.41, 5.74) is 1.84. The van der Waals surface area contributed by atoms with Gasteiger partial charge in [-0.3, -0.25) is 24.1 Å². The van der Waals surface area contributed by atoms with Crippen molar-refractivity contribution in [1.82, 2.24) is 30.2 Å². The molecule has 320 valence electrons. The number of rotatable bonds is 22. The van der Waals surface area contributed by atoms with Crippen LogP contribution in [0.4, 0.5) is 0 Å². The van der Waals surface area contributed by atoms with Crippen LogP contribution in [0.25, 0.3) is 0 Å². The second-order valence-electron chi connectivity index (χ2n) is 17.2. The SMILES string of the molecule is CC[C@H](C)[C@@H]([C@@H](CC(=O)N1CCC[C@H]1[C@H](OC)[C@@H](C)C(=O)N[C@H](C)[C@@H](O)c1ccc(CN(C)C)cc1)OC)N(C)C(=O)[C@@H](NC(=O)[C@H](C(C)C)N(C)C)C(C)C. The fourth-order valence-corrected chi connectivity index (χ4v) is 8.32. The van der Waals surface area contributed by atoms with E-state index in [1.54, 1.807) is 44.9 Å². The molecule has 56 heavy (non-hydrogen) atoms. The molecular weight excluding hydrogens is 713 g/mol. The average molecular weight is 789 g/mol. The van der Waals surface area contributed by atoms with Gasteiger partial charge in [-0.15, -0.1) is 0 Å². The van der Waals surface area contributed by atoms with Crippen molar-refractivity contribution >= 4 is 23.6 Å². The summed E-state index contributed by atoms with van der Waals surface area (Å²) in [5, 5.41) is 17.1. The number of likely N-dealkylation sites (N-methyl/N-ethyl adjacent to an activating group) is 2. The van der Waals surface area contributed by atoms with Crippen LogP contribution in [0.15, 0.2) is 24.3 Å². The van der Waals surface area contributed by atoms with Gasteiger partial charge in [0.25, 0.3) is 0 Å². The second kappa shape index (κ2) is 22.7. The summed E-state index contributed by atoms with van der Waals surface area (Å²) in [5.74, 6) is -1.59. The summed E-state index contributed by atoms with van der Waals surface area (Å²) in [6, 6.07) is 5.23. The third kappa shape index (κ3) is 13.0. The topological polar surface area (TPSA) is 144 Å². The number of hydrogen-bond acceptors (Lipinski definition) is 9. The quantitative estimate of drug-likeness (QED) is 0.159. The number of carbonyl (C=O) groups excluding carboxylic acids is 4. The van der Waals surface area contributed by atoms with Crippen LogP contribution in [0.3, 0.4) is 0 Å². The molecule has 0 unspecified atom stereocenters. The first-order valence-electron chi connectivity index (χ1n) is 20.5. The van der Waals surface area contributed by atoms with E-state index in [-0.39, 0.29) is 53.8 Å². The Labute approximate surface area is 338 Å². The van der Waals surface area contributed by atoms with E-state index in [2.05, 4.69) is 15.5 Å². The molecule has 13 heteroatoms. The van der Waals surface area contributed by atoms with Crippen LogP contribution in [0.1, 0.15) is 98.3 Å². The van der Waals surface area contributed by atoms with Crippen molar-refractivity contribution in [2.45, 2.75) is 136 Å². The number of ether oxygens (including phenoxy) is 2. The molecule has 1 heterocycles. The number of aliphatic hydroxyl groups excluding tert-OH is 1. The molecule has 10 atom stereocenters. The van der Waals surface area contributed by atoms with Gasteiger partial charge in [-0.25, -0.2) is 0 Å². The number of methoxy groups -OCH3 is 2. The molecule has 13 nitrogen and oxygen atoms in total. The highest BCUT2D eigenvalue weighted by Crippen LogP contribution is 2.30. The molecule has 4 amide bonds. The van der Waals surface area contributed by atoms with Crippen molar-refractivity contribution in [2.75, 3.05) is 56.0 Å². The molecule has 1 aliphatic heterocycles. The number of carbonyl (C=O) groups is 4. The normalized spacial score (nSPS) is 19.6. The summed E-state index contributed by atoms with van der Waals surface area (Å²) in [6.07, 6.45) is 0.0914. The Balaban J connectivity index is 2.23. The lowest BCUT2D eigenvalue weighted by Crippen LogP contribution is -2.59. The summed E-state index contributed by atoms with van der Waals surface area (Å²) < 4.78 is 12.0. The first-order valence-corrected chi connectivity index (χ1v) is 20.5. The van der Waals surface area contributed by atoms with Crippen LogP contribution in [-0.2, 0) is 35.2 Å². The van der Waals surface area contributed by atoms with Gasteiger partial charge in [-0.1, -0.05) is 79.2 Å². The van der Waals surface area contributed by atoms with E-state index in [0.717, 1.165) is 24.9 Å². The van der Waals surface area contributed by atoms with Crippen molar-refractivity contribution < 1.29 is 33.8 Å². The molecule has 1 saturated heterocycles. The molecular formula is C43H76N6O7. The zero-order valence-corrected chi connectivity index (χ0v) is 37.2. The van der Waals surface area contributed by atoms with Gasteiger partial charge < -0.3 is 39.9 Å². The summed E-state index contributed by atoms with van der Waals surface area (Å²) >= 11 is 0. The Hall–Kier alpha value is -3.10. The van der Waals surface area contributed by atoms with Crippen LogP contribution in [0, 0.1) is 23.7 Å². The highest BCUT2D eigenvalue weighted by Gasteiger charge is 2.43. The zero-order chi connectivity index (χ0) is 42.6. The fraction of sp³-hybridized carbons (Fsp3) is 0.767. The Kier molecular flexibility index (Phi) is 19.9. The maximum Gasteiger partial charge on any atom is 0.245 e. The zero-order valence-electron chi connectivity index (χ0n) is 37.2. The van der Waals surface area contributed by atoms with E-state index in [0.29, 0.717) is 18.5 Å². The number of hydrogen-bond donors (Lipinski definition) is 3. The van der Waals surface area contributed by atoms with Crippen molar-refractivity contribution in [3.05, 3.63) is 35.4 Å². The van der Waals surface area contributed by atoms with E-state index in [4.69, 9.17) is 9.47 Å². The highest BCUT2D eigenvalue weighted by molar-refractivity contribution is 5.90. The molecule has 1 aromatic carbocycles. The molecule has 1 aromatic rings. The van der Waals surface area contributed by atoms with Gasteiger partial charge in [0.15, 0.2) is 0 Å².